The third kappa shape index (κ3) is 13.7. The largest absolute Gasteiger partial charge is 0.378 e. The van der Waals surface area contributed by atoms with Crippen molar-refractivity contribution < 1.29 is 9.53 Å². The maximum atomic E-state index is 11.7. The van der Waals surface area contributed by atoms with Crippen molar-refractivity contribution in [1.29, 1.82) is 0 Å². The molecule has 25 heavy (non-hydrogen) atoms. The fourth-order valence-electron chi connectivity index (χ4n) is 2.76. The minimum atomic E-state index is 0.176. The van der Waals surface area contributed by atoms with Crippen molar-refractivity contribution in [2.75, 3.05) is 52.6 Å². The summed E-state index contributed by atoms with van der Waals surface area (Å²) in [4.78, 5) is 16.3. The number of nitrogens with zero attached hydrogens (tertiary/aromatic N) is 2. The lowest BCUT2D eigenvalue weighted by Gasteiger charge is -2.32. The van der Waals surface area contributed by atoms with E-state index < -0.39 is 0 Å². The van der Waals surface area contributed by atoms with Gasteiger partial charge in [0.2, 0.25) is 0 Å². The second-order valence-corrected chi connectivity index (χ2v) is 8.34. The number of Topliss-reactive ketones (excluding diaryl/α,β-unsaturated/α-hetero) is 1. The van der Waals surface area contributed by atoms with Crippen LogP contribution in [0.25, 0.3) is 0 Å². The Hall–Kier alpha value is -0.100. The van der Waals surface area contributed by atoms with Gasteiger partial charge in [-0.3, -0.25) is 4.79 Å². The number of hydrogen-bond donors (Lipinski definition) is 1. The van der Waals surface area contributed by atoms with E-state index in [1.807, 2.05) is 20.8 Å². The third-order valence-electron chi connectivity index (χ3n) is 4.62. The first-order chi connectivity index (χ1) is 11.8. The molecule has 0 amide bonds. The zero-order chi connectivity index (χ0) is 19.2. The minimum Gasteiger partial charge on any atom is -0.378 e. The van der Waals surface area contributed by atoms with E-state index in [-0.39, 0.29) is 5.92 Å². The number of hydrogen-bond acceptors (Lipinski definition) is 5. The molecule has 0 aromatic carbocycles. The molecular formula is C20H42N2O2S. The van der Waals surface area contributed by atoms with E-state index >= 15 is 0 Å². The van der Waals surface area contributed by atoms with Crippen LogP contribution in [0, 0.1) is 11.8 Å². The second-order valence-electron chi connectivity index (χ2n) is 7.71. The Kier molecular flexibility index (Phi) is 14.9. The highest BCUT2D eigenvalue weighted by molar-refractivity contribution is 7.80. The Morgan fingerprint density at radius 3 is 2.28 bits per heavy atom. The fourth-order valence-corrected chi connectivity index (χ4v) is 2.76. The SMILES string of the molecule is CC(CCN(C)C)OCC1CCN(CCC(=O)C(C)C)CC1.CCS. The van der Waals surface area contributed by atoms with E-state index in [0.29, 0.717) is 24.2 Å². The standard InChI is InChI=1S/C18H36N2O2.C2H6S/c1-15(2)18(21)9-13-20-11-7-17(8-12-20)14-22-16(3)6-10-19(4)5;1-2-3/h15-17H,6-14H2,1-5H3;3H,2H2,1H3. The number of carbonyl (C=O) groups is 1. The summed E-state index contributed by atoms with van der Waals surface area (Å²) in [7, 11) is 4.21. The van der Waals surface area contributed by atoms with E-state index in [4.69, 9.17) is 4.74 Å². The molecule has 5 heteroatoms. The molecule has 1 unspecified atom stereocenters. The monoisotopic (exact) mass is 374 g/mol. The molecule has 0 aliphatic carbocycles. The molecule has 1 heterocycles. The van der Waals surface area contributed by atoms with Crippen LogP contribution in [-0.4, -0.2) is 74.3 Å². The highest BCUT2D eigenvalue weighted by Crippen LogP contribution is 2.19. The molecular weight excluding hydrogens is 332 g/mol. The quantitative estimate of drug-likeness (QED) is 0.592. The molecule has 1 aliphatic heterocycles. The average Bonchev–Trinajstić information content (AvgIpc) is 2.57. The molecule has 0 radical (unpaired) electrons. The van der Waals surface area contributed by atoms with Crippen LogP contribution >= 0.6 is 12.6 Å². The highest BCUT2D eigenvalue weighted by atomic mass is 32.1. The summed E-state index contributed by atoms with van der Waals surface area (Å²) in [5.41, 5.74) is 0. The lowest BCUT2D eigenvalue weighted by molar-refractivity contribution is -0.122. The van der Waals surface area contributed by atoms with Crippen LogP contribution < -0.4 is 0 Å². The number of rotatable bonds is 10. The fraction of sp³-hybridized carbons (Fsp3) is 0.950. The first-order valence-electron chi connectivity index (χ1n) is 9.92. The van der Waals surface area contributed by atoms with Crippen molar-refractivity contribution in [2.24, 2.45) is 11.8 Å². The first-order valence-corrected chi connectivity index (χ1v) is 10.6. The summed E-state index contributed by atoms with van der Waals surface area (Å²) < 4.78 is 6.00. The van der Waals surface area contributed by atoms with Gasteiger partial charge in [-0.1, -0.05) is 20.8 Å². The molecule has 0 bridgehead atoms. The van der Waals surface area contributed by atoms with Crippen LogP contribution in [0.5, 0.6) is 0 Å². The lowest BCUT2D eigenvalue weighted by atomic mass is 9.97. The van der Waals surface area contributed by atoms with Crippen LogP contribution in [0.3, 0.4) is 0 Å². The summed E-state index contributed by atoms with van der Waals surface area (Å²) in [5.74, 6) is 2.20. The van der Waals surface area contributed by atoms with E-state index in [0.717, 1.165) is 45.0 Å². The van der Waals surface area contributed by atoms with Crippen LogP contribution in [0.1, 0.15) is 53.4 Å². The van der Waals surface area contributed by atoms with Gasteiger partial charge in [0, 0.05) is 25.5 Å². The summed E-state index contributed by atoms with van der Waals surface area (Å²) >= 11 is 3.79. The molecule has 150 valence electrons. The van der Waals surface area contributed by atoms with Crippen molar-refractivity contribution in [3.63, 3.8) is 0 Å². The second kappa shape index (κ2) is 15.0. The molecule has 4 nitrogen and oxygen atoms in total. The van der Waals surface area contributed by atoms with Crippen molar-refractivity contribution >= 4 is 18.4 Å². The van der Waals surface area contributed by atoms with Crippen LogP contribution in [0.4, 0.5) is 0 Å². The zero-order valence-electron chi connectivity index (χ0n) is 17.5. The Bertz CT molecular complexity index is 330. The Morgan fingerprint density at radius 1 is 1.24 bits per heavy atom. The van der Waals surface area contributed by atoms with Gasteiger partial charge in [-0.2, -0.15) is 12.6 Å². The smallest absolute Gasteiger partial charge is 0.136 e. The van der Waals surface area contributed by atoms with E-state index in [1.54, 1.807) is 0 Å². The first kappa shape index (κ1) is 24.9. The minimum absolute atomic E-state index is 0.176. The average molecular weight is 375 g/mol. The van der Waals surface area contributed by atoms with E-state index in [1.165, 1.54) is 12.8 Å². The molecule has 1 atom stereocenters. The van der Waals surface area contributed by atoms with Gasteiger partial charge in [0.1, 0.15) is 5.78 Å². The van der Waals surface area contributed by atoms with Crippen LogP contribution in [0.15, 0.2) is 0 Å². The maximum absolute atomic E-state index is 11.7. The number of ketones is 1. The summed E-state index contributed by atoms with van der Waals surface area (Å²) in [6, 6.07) is 0. The molecule has 1 aliphatic rings. The van der Waals surface area contributed by atoms with Gasteiger partial charge < -0.3 is 14.5 Å². The van der Waals surface area contributed by atoms with Crippen molar-refractivity contribution in [3.8, 4) is 0 Å². The highest BCUT2D eigenvalue weighted by Gasteiger charge is 2.20. The zero-order valence-corrected chi connectivity index (χ0v) is 18.4. The molecule has 0 saturated carbocycles. The van der Waals surface area contributed by atoms with E-state index in [9.17, 15) is 4.79 Å². The molecule has 0 aromatic rings. The number of thiol groups is 1. The Balaban J connectivity index is 0.00000178. The predicted molar refractivity (Wildman–Crippen MR) is 112 cm³/mol. The van der Waals surface area contributed by atoms with Crippen LogP contribution in [0.2, 0.25) is 0 Å². The van der Waals surface area contributed by atoms with E-state index in [2.05, 4.69) is 43.4 Å². The molecule has 1 saturated heterocycles. The molecule has 0 spiro atoms. The van der Waals surface area contributed by atoms with Gasteiger partial charge in [0.25, 0.3) is 0 Å². The number of carbonyl (C=O) groups excluding carboxylic acids is 1. The van der Waals surface area contributed by atoms with Crippen LogP contribution in [-0.2, 0) is 9.53 Å². The maximum Gasteiger partial charge on any atom is 0.136 e. The molecule has 1 fully saturated rings. The molecule has 0 aromatic heterocycles. The molecule has 1 rings (SSSR count). The Labute approximate surface area is 162 Å². The summed E-state index contributed by atoms with van der Waals surface area (Å²) in [6.45, 7) is 13.3. The van der Waals surface area contributed by atoms with Gasteiger partial charge in [0.05, 0.1) is 6.10 Å². The van der Waals surface area contributed by atoms with Gasteiger partial charge >= 0.3 is 0 Å². The molecule has 0 N–H and O–H groups in total. The van der Waals surface area contributed by atoms with Gasteiger partial charge in [0.15, 0.2) is 0 Å². The van der Waals surface area contributed by atoms with Crippen molar-refractivity contribution in [2.45, 2.75) is 59.5 Å². The van der Waals surface area contributed by atoms with Crippen molar-refractivity contribution in [3.05, 3.63) is 0 Å². The normalized spacial score (nSPS) is 17.5. The summed E-state index contributed by atoms with van der Waals surface area (Å²) in [5, 5.41) is 0. The van der Waals surface area contributed by atoms with Gasteiger partial charge in [-0.25, -0.2) is 0 Å². The third-order valence-corrected chi connectivity index (χ3v) is 4.62. The summed E-state index contributed by atoms with van der Waals surface area (Å²) in [6.07, 6.45) is 4.57. The lowest BCUT2D eigenvalue weighted by Crippen LogP contribution is -2.37. The topological polar surface area (TPSA) is 32.8 Å². The van der Waals surface area contributed by atoms with Crippen molar-refractivity contribution in [1.82, 2.24) is 9.80 Å². The van der Waals surface area contributed by atoms with Gasteiger partial charge in [-0.05, 0) is 71.6 Å². The van der Waals surface area contributed by atoms with Gasteiger partial charge in [-0.15, -0.1) is 0 Å². The number of piperidine rings is 1. The number of likely N-dealkylation sites (tertiary alicyclic amines) is 1. The number of ether oxygens (including phenoxy) is 1. The predicted octanol–water partition coefficient (Wildman–Crippen LogP) is 3.61. The Morgan fingerprint density at radius 2 is 1.80 bits per heavy atom.